The summed E-state index contributed by atoms with van der Waals surface area (Å²) in [4.78, 5) is 41.0. The molecule has 2 aromatic carbocycles. The van der Waals surface area contributed by atoms with Crippen LogP contribution in [0.1, 0.15) is 38.2 Å². The number of benzene rings is 2. The molecule has 3 rings (SSSR count). The Labute approximate surface area is 203 Å². The van der Waals surface area contributed by atoms with E-state index in [1.54, 1.807) is 19.2 Å². The van der Waals surface area contributed by atoms with E-state index in [2.05, 4.69) is 15.6 Å². The minimum absolute atomic E-state index is 0.101. The summed E-state index contributed by atoms with van der Waals surface area (Å²) >= 11 is 1.30. The van der Waals surface area contributed by atoms with E-state index in [4.69, 9.17) is 4.74 Å². The third-order valence-corrected chi connectivity index (χ3v) is 6.05. The van der Waals surface area contributed by atoms with Crippen molar-refractivity contribution in [1.29, 1.82) is 0 Å². The minimum Gasteiger partial charge on any atom is -0.445 e. The van der Waals surface area contributed by atoms with Crippen LogP contribution in [0.25, 0.3) is 10.9 Å². The number of pyridine rings is 1. The molecule has 8 heteroatoms. The summed E-state index contributed by atoms with van der Waals surface area (Å²) in [5.74, 6) is 0.424. The zero-order valence-corrected chi connectivity index (χ0v) is 20.0. The molecule has 178 valence electrons. The third-order valence-electron chi connectivity index (χ3n) is 5.15. The first kappa shape index (κ1) is 25.2. The fourth-order valence-corrected chi connectivity index (χ4v) is 4.08. The van der Waals surface area contributed by atoms with E-state index in [9.17, 15) is 14.4 Å². The van der Waals surface area contributed by atoms with Crippen LogP contribution in [0.2, 0.25) is 0 Å². The van der Waals surface area contributed by atoms with Gasteiger partial charge in [0.05, 0.1) is 11.2 Å². The van der Waals surface area contributed by atoms with Gasteiger partial charge in [-0.15, -0.1) is 0 Å². The van der Waals surface area contributed by atoms with Gasteiger partial charge in [0.1, 0.15) is 12.6 Å². The summed E-state index contributed by atoms with van der Waals surface area (Å²) in [6, 6.07) is 17.9. The maximum absolute atomic E-state index is 13.1. The SMILES string of the molecule is CC(=O)SCCCCCC(NC(=O)OCc1ccccc1)C(=O)Nc1cccc2cccnc12. The summed E-state index contributed by atoms with van der Waals surface area (Å²) in [6.07, 6.45) is 3.92. The van der Waals surface area contributed by atoms with E-state index in [-0.39, 0.29) is 17.6 Å². The molecule has 0 spiro atoms. The van der Waals surface area contributed by atoms with Gasteiger partial charge in [-0.1, -0.05) is 73.1 Å². The van der Waals surface area contributed by atoms with Crippen LogP contribution in [0.15, 0.2) is 66.9 Å². The fraction of sp³-hybridized carbons (Fsp3) is 0.308. The van der Waals surface area contributed by atoms with Gasteiger partial charge >= 0.3 is 6.09 Å². The van der Waals surface area contributed by atoms with Crippen LogP contribution in [-0.2, 0) is 20.9 Å². The Bertz CT molecular complexity index is 1100. The number of amides is 2. The summed E-state index contributed by atoms with van der Waals surface area (Å²) < 4.78 is 5.32. The van der Waals surface area contributed by atoms with Crippen molar-refractivity contribution in [2.45, 2.75) is 45.3 Å². The lowest BCUT2D eigenvalue weighted by molar-refractivity contribution is -0.118. The molecule has 1 heterocycles. The number of para-hydroxylation sites is 1. The monoisotopic (exact) mass is 479 g/mol. The highest BCUT2D eigenvalue weighted by molar-refractivity contribution is 8.13. The first-order valence-corrected chi connectivity index (χ1v) is 12.3. The Hall–Kier alpha value is -3.39. The fourth-order valence-electron chi connectivity index (χ4n) is 3.44. The molecule has 0 saturated heterocycles. The molecule has 0 aliphatic carbocycles. The zero-order valence-electron chi connectivity index (χ0n) is 19.2. The maximum atomic E-state index is 13.1. The lowest BCUT2D eigenvalue weighted by atomic mass is 10.1. The average Bonchev–Trinajstić information content (AvgIpc) is 2.84. The molecule has 1 aromatic heterocycles. The number of nitrogens with zero attached hydrogens (tertiary/aromatic N) is 1. The highest BCUT2D eigenvalue weighted by atomic mass is 32.2. The molecule has 1 atom stereocenters. The number of thioether (sulfide) groups is 1. The summed E-state index contributed by atoms with van der Waals surface area (Å²) in [7, 11) is 0. The molecule has 0 radical (unpaired) electrons. The lowest BCUT2D eigenvalue weighted by Gasteiger charge is -2.19. The zero-order chi connectivity index (χ0) is 24.2. The lowest BCUT2D eigenvalue weighted by Crippen LogP contribution is -2.44. The van der Waals surface area contributed by atoms with E-state index >= 15 is 0 Å². The van der Waals surface area contributed by atoms with Crippen molar-refractivity contribution in [3.05, 3.63) is 72.4 Å². The third kappa shape index (κ3) is 8.19. The van der Waals surface area contributed by atoms with Gasteiger partial charge < -0.3 is 15.4 Å². The number of hydrogen-bond acceptors (Lipinski definition) is 6. The predicted molar refractivity (Wildman–Crippen MR) is 136 cm³/mol. The van der Waals surface area contributed by atoms with Gasteiger partial charge in [0.15, 0.2) is 5.12 Å². The molecule has 1 unspecified atom stereocenters. The van der Waals surface area contributed by atoms with E-state index in [1.807, 2.05) is 54.6 Å². The summed E-state index contributed by atoms with van der Waals surface area (Å²) in [5.41, 5.74) is 2.14. The Morgan fingerprint density at radius 1 is 0.971 bits per heavy atom. The Morgan fingerprint density at radius 2 is 1.76 bits per heavy atom. The van der Waals surface area contributed by atoms with E-state index < -0.39 is 12.1 Å². The highest BCUT2D eigenvalue weighted by Crippen LogP contribution is 2.21. The molecule has 0 aliphatic heterocycles. The number of nitrogens with one attached hydrogen (secondary N) is 2. The molecular formula is C26H29N3O4S. The number of anilines is 1. The van der Waals surface area contributed by atoms with Gasteiger partial charge in [-0.25, -0.2) is 4.79 Å². The molecule has 2 N–H and O–H groups in total. The number of alkyl carbamates (subject to hydrolysis) is 1. The van der Waals surface area contributed by atoms with Crippen molar-refractivity contribution in [2.75, 3.05) is 11.1 Å². The van der Waals surface area contributed by atoms with Crippen LogP contribution in [-0.4, -0.2) is 33.9 Å². The molecule has 7 nitrogen and oxygen atoms in total. The van der Waals surface area contributed by atoms with Crippen molar-refractivity contribution < 1.29 is 19.1 Å². The normalized spacial score (nSPS) is 11.6. The van der Waals surface area contributed by atoms with Gasteiger partial charge in [-0.2, -0.15) is 0 Å². The first-order valence-electron chi connectivity index (χ1n) is 11.3. The number of ether oxygens (including phenoxy) is 1. The molecule has 3 aromatic rings. The number of carbonyl (C=O) groups is 3. The Balaban J connectivity index is 1.61. The van der Waals surface area contributed by atoms with Gasteiger partial charge in [-0.3, -0.25) is 14.6 Å². The largest absolute Gasteiger partial charge is 0.445 e. The summed E-state index contributed by atoms with van der Waals surface area (Å²) in [5, 5.41) is 6.64. The van der Waals surface area contributed by atoms with Crippen molar-refractivity contribution in [3.63, 3.8) is 0 Å². The molecule has 0 aliphatic rings. The van der Waals surface area contributed by atoms with E-state index in [1.165, 1.54) is 11.8 Å². The Kier molecular flexibility index (Phi) is 9.91. The van der Waals surface area contributed by atoms with Crippen LogP contribution in [0.3, 0.4) is 0 Å². The van der Waals surface area contributed by atoms with Gasteiger partial charge in [0.2, 0.25) is 5.91 Å². The van der Waals surface area contributed by atoms with Crippen molar-refractivity contribution in [3.8, 4) is 0 Å². The van der Waals surface area contributed by atoms with Gasteiger partial charge in [0.25, 0.3) is 0 Å². The number of fused-ring (bicyclic) bond motifs is 1. The number of rotatable bonds is 11. The van der Waals surface area contributed by atoms with Gasteiger partial charge in [0, 0.05) is 24.3 Å². The van der Waals surface area contributed by atoms with E-state index in [0.29, 0.717) is 17.6 Å². The molecular weight excluding hydrogens is 450 g/mol. The van der Waals surface area contributed by atoms with Crippen molar-refractivity contribution >= 4 is 45.5 Å². The van der Waals surface area contributed by atoms with Gasteiger partial charge in [-0.05, 0) is 30.5 Å². The predicted octanol–water partition coefficient (Wildman–Crippen LogP) is 5.31. The average molecular weight is 480 g/mol. The number of carbonyl (C=O) groups excluding carboxylic acids is 3. The summed E-state index contributed by atoms with van der Waals surface area (Å²) in [6.45, 7) is 1.68. The van der Waals surface area contributed by atoms with Crippen molar-refractivity contribution in [2.24, 2.45) is 0 Å². The van der Waals surface area contributed by atoms with Crippen molar-refractivity contribution in [1.82, 2.24) is 10.3 Å². The second-order valence-corrected chi connectivity index (χ2v) is 9.09. The smallest absolute Gasteiger partial charge is 0.408 e. The highest BCUT2D eigenvalue weighted by Gasteiger charge is 2.22. The van der Waals surface area contributed by atoms with Crippen LogP contribution in [0.4, 0.5) is 10.5 Å². The number of hydrogen-bond donors (Lipinski definition) is 2. The van der Waals surface area contributed by atoms with Crippen LogP contribution in [0, 0.1) is 0 Å². The minimum atomic E-state index is -0.761. The molecule has 0 saturated carbocycles. The van der Waals surface area contributed by atoms with Crippen LogP contribution < -0.4 is 10.6 Å². The standard InChI is InChI=1S/C26H29N3O4S/c1-19(30)34-17-7-3-6-14-23(29-26(32)33-18-20-10-4-2-5-11-20)25(31)28-22-15-8-12-21-13-9-16-27-24(21)22/h2,4-5,8-13,15-16,23H,3,6-7,14,17-18H2,1H3,(H,28,31)(H,29,32). The number of unbranched alkanes of at least 4 members (excludes halogenated alkanes) is 2. The molecule has 34 heavy (non-hydrogen) atoms. The molecule has 0 fully saturated rings. The van der Waals surface area contributed by atoms with Crippen LogP contribution >= 0.6 is 11.8 Å². The quantitative estimate of drug-likeness (QED) is 0.362. The molecule has 0 bridgehead atoms. The second kappa shape index (κ2) is 13.3. The van der Waals surface area contributed by atoms with Crippen LogP contribution in [0.5, 0.6) is 0 Å². The number of aromatic nitrogens is 1. The topological polar surface area (TPSA) is 97.4 Å². The second-order valence-electron chi connectivity index (χ2n) is 7.82. The first-order chi connectivity index (χ1) is 16.5. The van der Waals surface area contributed by atoms with E-state index in [0.717, 1.165) is 36.0 Å². The maximum Gasteiger partial charge on any atom is 0.408 e. The molecule has 2 amide bonds. The Morgan fingerprint density at radius 3 is 2.56 bits per heavy atom.